The van der Waals surface area contributed by atoms with Crippen LogP contribution < -0.4 is 14.8 Å². The van der Waals surface area contributed by atoms with Gasteiger partial charge in [0.05, 0.1) is 13.2 Å². The number of para-hydroxylation sites is 2. The van der Waals surface area contributed by atoms with Gasteiger partial charge in [0.2, 0.25) is 0 Å². The Morgan fingerprint density at radius 1 is 0.958 bits per heavy atom. The van der Waals surface area contributed by atoms with E-state index in [0.717, 1.165) is 18.0 Å². The average Bonchev–Trinajstić information content (AvgIpc) is 2.61. The molecule has 4 nitrogen and oxygen atoms in total. The highest BCUT2D eigenvalue weighted by Crippen LogP contribution is 2.25. The van der Waals surface area contributed by atoms with Crippen LogP contribution in [0.15, 0.2) is 48.5 Å². The van der Waals surface area contributed by atoms with Crippen molar-refractivity contribution in [2.75, 3.05) is 27.4 Å². The number of ether oxygens (including phenoxy) is 3. The van der Waals surface area contributed by atoms with E-state index in [0.29, 0.717) is 6.61 Å². The molecule has 0 spiro atoms. The maximum Gasteiger partial charge on any atom is 0.161 e. The largest absolute Gasteiger partial charge is 0.493 e. The highest BCUT2D eigenvalue weighted by molar-refractivity contribution is 5.39. The van der Waals surface area contributed by atoms with Gasteiger partial charge in [-0.2, -0.15) is 0 Å². The van der Waals surface area contributed by atoms with Gasteiger partial charge in [-0.05, 0) is 31.5 Å². The van der Waals surface area contributed by atoms with Crippen LogP contribution in [-0.4, -0.2) is 33.4 Å². The first kappa shape index (κ1) is 18.3. The third-order valence-corrected chi connectivity index (χ3v) is 4.01. The highest BCUT2D eigenvalue weighted by atomic mass is 16.5. The lowest BCUT2D eigenvalue weighted by Crippen LogP contribution is -2.35. The molecule has 0 heterocycles. The molecule has 2 rings (SSSR count). The van der Waals surface area contributed by atoms with Gasteiger partial charge in [0, 0.05) is 19.7 Å². The van der Waals surface area contributed by atoms with Crippen molar-refractivity contribution in [3.63, 3.8) is 0 Å². The lowest BCUT2D eigenvalue weighted by molar-refractivity contribution is 0.0722. The molecule has 0 aromatic heterocycles. The van der Waals surface area contributed by atoms with E-state index in [1.165, 1.54) is 11.1 Å². The molecule has 0 radical (unpaired) electrons. The Bertz CT molecular complexity index is 613. The van der Waals surface area contributed by atoms with Gasteiger partial charge in [-0.25, -0.2) is 0 Å². The van der Waals surface area contributed by atoms with Crippen molar-refractivity contribution in [1.29, 1.82) is 0 Å². The van der Waals surface area contributed by atoms with Crippen LogP contribution >= 0.6 is 0 Å². The van der Waals surface area contributed by atoms with Gasteiger partial charge >= 0.3 is 0 Å². The molecule has 2 aromatic carbocycles. The molecule has 24 heavy (non-hydrogen) atoms. The summed E-state index contributed by atoms with van der Waals surface area (Å²) in [7, 11) is 3.39. The quantitative estimate of drug-likeness (QED) is 0.711. The van der Waals surface area contributed by atoms with Crippen molar-refractivity contribution in [1.82, 2.24) is 5.32 Å². The van der Waals surface area contributed by atoms with Crippen LogP contribution in [0.2, 0.25) is 0 Å². The number of nitrogens with one attached hydrogen (secondary N) is 1. The van der Waals surface area contributed by atoms with Crippen LogP contribution in [0.1, 0.15) is 24.2 Å². The van der Waals surface area contributed by atoms with E-state index < -0.39 is 0 Å². The maximum absolute atomic E-state index is 5.78. The molecule has 0 aliphatic carbocycles. The summed E-state index contributed by atoms with van der Waals surface area (Å²) in [6.07, 6.45) is 0.0110. The predicted molar refractivity (Wildman–Crippen MR) is 96.9 cm³/mol. The van der Waals surface area contributed by atoms with Crippen molar-refractivity contribution < 1.29 is 14.2 Å². The summed E-state index contributed by atoms with van der Waals surface area (Å²) in [6.45, 7) is 5.50. The van der Waals surface area contributed by atoms with Crippen LogP contribution in [0.25, 0.3) is 0 Å². The second-order valence-electron chi connectivity index (χ2n) is 5.81. The molecule has 0 bridgehead atoms. The minimum Gasteiger partial charge on any atom is -0.493 e. The van der Waals surface area contributed by atoms with Gasteiger partial charge in [0.1, 0.15) is 6.61 Å². The third-order valence-electron chi connectivity index (χ3n) is 4.01. The molecule has 0 fully saturated rings. The Balaban J connectivity index is 1.83. The molecule has 1 N–H and O–H groups in total. The first-order valence-corrected chi connectivity index (χ1v) is 8.24. The van der Waals surface area contributed by atoms with Gasteiger partial charge < -0.3 is 19.5 Å². The average molecular weight is 329 g/mol. The molecule has 4 heteroatoms. The molecule has 0 amide bonds. The number of aryl methyl sites for hydroxylation is 1. The van der Waals surface area contributed by atoms with E-state index in [-0.39, 0.29) is 12.1 Å². The van der Waals surface area contributed by atoms with Gasteiger partial charge in [0.15, 0.2) is 11.5 Å². The van der Waals surface area contributed by atoms with Crippen LogP contribution in [0.3, 0.4) is 0 Å². The SMILES string of the molecule is COc1ccccc1OCCNC(C)C(OC)c1ccc(C)cc1. The summed E-state index contributed by atoms with van der Waals surface area (Å²) < 4.78 is 16.7. The highest BCUT2D eigenvalue weighted by Gasteiger charge is 2.18. The van der Waals surface area contributed by atoms with Gasteiger partial charge in [-0.3, -0.25) is 0 Å². The number of methoxy groups -OCH3 is 2. The summed E-state index contributed by atoms with van der Waals surface area (Å²) in [5.41, 5.74) is 2.42. The first-order chi connectivity index (χ1) is 11.7. The van der Waals surface area contributed by atoms with Crippen LogP contribution in [-0.2, 0) is 4.74 Å². The lowest BCUT2D eigenvalue weighted by Gasteiger charge is -2.24. The van der Waals surface area contributed by atoms with E-state index >= 15 is 0 Å². The fourth-order valence-corrected chi connectivity index (χ4v) is 2.68. The first-order valence-electron chi connectivity index (χ1n) is 8.24. The molecular formula is C20H27NO3. The van der Waals surface area contributed by atoms with Gasteiger partial charge in [-0.15, -0.1) is 0 Å². The van der Waals surface area contributed by atoms with E-state index in [4.69, 9.17) is 14.2 Å². The normalized spacial score (nSPS) is 13.3. The zero-order valence-electron chi connectivity index (χ0n) is 14.9. The summed E-state index contributed by atoms with van der Waals surface area (Å²) in [5.74, 6) is 1.51. The monoisotopic (exact) mass is 329 g/mol. The molecule has 0 saturated heterocycles. The maximum atomic E-state index is 5.78. The van der Waals surface area contributed by atoms with Gasteiger partial charge in [-0.1, -0.05) is 42.0 Å². The van der Waals surface area contributed by atoms with E-state index in [1.807, 2.05) is 24.3 Å². The zero-order chi connectivity index (χ0) is 17.4. The molecule has 0 aliphatic rings. The summed E-state index contributed by atoms with van der Waals surface area (Å²) in [5, 5.41) is 3.46. The van der Waals surface area contributed by atoms with Crippen molar-refractivity contribution in [2.24, 2.45) is 0 Å². The standard InChI is InChI=1S/C20H27NO3/c1-15-9-11-17(12-10-15)20(23-4)16(2)21-13-14-24-19-8-6-5-7-18(19)22-3/h5-12,16,20-21H,13-14H2,1-4H3. The van der Waals surface area contributed by atoms with Crippen molar-refractivity contribution in [3.05, 3.63) is 59.7 Å². The number of hydrogen-bond donors (Lipinski definition) is 1. The van der Waals surface area contributed by atoms with Crippen LogP contribution in [0, 0.1) is 6.92 Å². The van der Waals surface area contributed by atoms with Gasteiger partial charge in [0.25, 0.3) is 0 Å². The fourth-order valence-electron chi connectivity index (χ4n) is 2.68. The summed E-state index contributed by atoms with van der Waals surface area (Å²) in [6, 6.07) is 16.3. The van der Waals surface area contributed by atoms with Crippen molar-refractivity contribution >= 4 is 0 Å². The van der Waals surface area contributed by atoms with Crippen LogP contribution in [0.5, 0.6) is 11.5 Å². The Morgan fingerprint density at radius 3 is 2.25 bits per heavy atom. The van der Waals surface area contributed by atoms with E-state index in [9.17, 15) is 0 Å². The number of benzene rings is 2. The van der Waals surface area contributed by atoms with Crippen molar-refractivity contribution in [3.8, 4) is 11.5 Å². The summed E-state index contributed by atoms with van der Waals surface area (Å²) >= 11 is 0. The molecule has 0 saturated carbocycles. The Kier molecular flexibility index (Phi) is 7.09. The zero-order valence-corrected chi connectivity index (χ0v) is 14.9. The third kappa shape index (κ3) is 4.98. The number of hydrogen-bond acceptors (Lipinski definition) is 4. The molecular weight excluding hydrogens is 302 g/mol. The second kappa shape index (κ2) is 9.30. The second-order valence-corrected chi connectivity index (χ2v) is 5.81. The van der Waals surface area contributed by atoms with Crippen molar-refractivity contribution in [2.45, 2.75) is 26.0 Å². The molecule has 130 valence electrons. The predicted octanol–water partition coefficient (Wildman–Crippen LogP) is 3.75. The minimum absolute atomic E-state index is 0.0110. The summed E-state index contributed by atoms with van der Waals surface area (Å²) in [4.78, 5) is 0. The number of rotatable bonds is 9. The van der Waals surface area contributed by atoms with E-state index in [1.54, 1.807) is 14.2 Å². The minimum atomic E-state index is 0.0110. The Hall–Kier alpha value is -2.04. The topological polar surface area (TPSA) is 39.7 Å². The molecule has 2 aromatic rings. The Labute approximate surface area is 144 Å². The lowest BCUT2D eigenvalue weighted by atomic mass is 10.0. The van der Waals surface area contributed by atoms with Crippen LogP contribution in [0.4, 0.5) is 0 Å². The molecule has 2 unspecified atom stereocenters. The Morgan fingerprint density at radius 2 is 1.62 bits per heavy atom. The molecule has 0 aliphatic heterocycles. The smallest absolute Gasteiger partial charge is 0.161 e. The van der Waals surface area contributed by atoms with E-state index in [2.05, 4.69) is 43.4 Å². The fraction of sp³-hybridized carbons (Fsp3) is 0.400. The molecule has 2 atom stereocenters.